The Hall–Kier alpha value is -1.09. The van der Waals surface area contributed by atoms with Crippen molar-refractivity contribution in [3.63, 3.8) is 0 Å². The van der Waals surface area contributed by atoms with E-state index >= 15 is 0 Å². The predicted octanol–water partition coefficient (Wildman–Crippen LogP) is 0.163. The van der Waals surface area contributed by atoms with Gasteiger partial charge >= 0.3 is 0 Å². The Labute approximate surface area is 65.5 Å². The lowest BCUT2D eigenvalue weighted by atomic mass is 10.2. The van der Waals surface area contributed by atoms with E-state index in [9.17, 15) is 5.21 Å². The van der Waals surface area contributed by atoms with Crippen LogP contribution in [0.25, 0.3) is 0 Å². The van der Waals surface area contributed by atoms with Crippen LogP contribution in [0, 0.1) is 12.1 Å². The molecule has 60 valence electrons. The summed E-state index contributed by atoms with van der Waals surface area (Å²) >= 11 is 0. The van der Waals surface area contributed by atoms with Crippen molar-refractivity contribution >= 4 is 0 Å². The van der Waals surface area contributed by atoms with Crippen LogP contribution in [0.15, 0.2) is 18.3 Å². The zero-order chi connectivity index (χ0) is 8.27. The van der Waals surface area contributed by atoms with Crippen LogP contribution in [0.2, 0.25) is 0 Å². The molecule has 0 atom stereocenters. The Kier molecular flexibility index (Phi) is 2.44. The van der Waals surface area contributed by atoms with Crippen molar-refractivity contribution in [3.05, 3.63) is 34.8 Å². The molecule has 1 aromatic heterocycles. The fraction of sp³-hybridized carbons (Fsp3) is 0.375. The maximum Gasteiger partial charge on any atom is 0.195 e. The molecule has 1 N–H and O–H groups in total. The molecule has 0 aromatic carbocycles. The van der Waals surface area contributed by atoms with E-state index in [2.05, 4.69) is 0 Å². The minimum atomic E-state index is 0.0195. The number of aliphatic hydroxyl groups excluding tert-OH is 1. The molecular formula is C8H11NO2. The Morgan fingerprint density at radius 3 is 3.00 bits per heavy atom. The number of hydrogen-bond donors (Lipinski definition) is 1. The van der Waals surface area contributed by atoms with Gasteiger partial charge in [0.2, 0.25) is 0 Å². The minimum absolute atomic E-state index is 0.0195. The van der Waals surface area contributed by atoms with E-state index in [4.69, 9.17) is 5.11 Å². The maximum absolute atomic E-state index is 11.0. The van der Waals surface area contributed by atoms with Crippen LogP contribution in [0.4, 0.5) is 0 Å². The van der Waals surface area contributed by atoms with E-state index in [0.717, 1.165) is 10.3 Å². The summed E-state index contributed by atoms with van der Waals surface area (Å²) < 4.78 is 0.781. The second-order valence-electron chi connectivity index (χ2n) is 2.49. The molecule has 0 spiro atoms. The molecule has 1 aromatic rings. The van der Waals surface area contributed by atoms with Crippen molar-refractivity contribution < 1.29 is 9.84 Å². The smallest absolute Gasteiger partial charge is 0.195 e. The summed E-state index contributed by atoms with van der Waals surface area (Å²) in [7, 11) is 0. The normalized spacial score (nSPS) is 10.0. The number of rotatable bonds is 2. The molecule has 0 fully saturated rings. The molecule has 0 unspecified atom stereocenters. The lowest BCUT2D eigenvalue weighted by molar-refractivity contribution is -0.614. The molecular weight excluding hydrogens is 142 g/mol. The lowest BCUT2D eigenvalue weighted by Crippen LogP contribution is -2.31. The third kappa shape index (κ3) is 1.91. The van der Waals surface area contributed by atoms with Crippen LogP contribution >= 0.6 is 0 Å². The van der Waals surface area contributed by atoms with E-state index in [1.54, 1.807) is 12.1 Å². The first-order chi connectivity index (χ1) is 5.24. The standard InChI is InChI=1S/C8H11NO2/c1-7-2-4-9(11)8(6-7)3-5-10/h2,4,6,10H,3,5H2,1H3. The molecule has 0 amide bonds. The molecule has 0 aliphatic rings. The second-order valence-corrected chi connectivity index (χ2v) is 2.49. The molecule has 0 saturated heterocycles. The Morgan fingerprint density at radius 1 is 1.64 bits per heavy atom. The van der Waals surface area contributed by atoms with E-state index in [1.807, 2.05) is 6.92 Å². The summed E-state index contributed by atoms with van der Waals surface area (Å²) in [6.45, 7) is 1.94. The molecule has 3 nitrogen and oxygen atoms in total. The number of aliphatic hydroxyl groups is 1. The molecule has 0 saturated carbocycles. The molecule has 0 aliphatic carbocycles. The van der Waals surface area contributed by atoms with Gasteiger partial charge in [-0.15, -0.1) is 0 Å². The highest BCUT2D eigenvalue weighted by Gasteiger charge is 2.02. The minimum Gasteiger partial charge on any atom is -0.619 e. The van der Waals surface area contributed by atoms with Crippen LogP contribution in [0.5, 0.6) is 0 Å². The number of nitrogens with zero attached hydrogens (tertiary/aromatic N) is 1. The van der Waals surface area contributed by atoms with Gasteiger partial charge < -0.3 is 10.3 Å². The number of hydrogen-bond acceptors (Lipinski definition) is 2. The Bertz CT molecular complexity index is 248. The highest BCUT2D eigenvalue weighted by Crippen LogP contribution is 1.97. The number of aryl methyl sites for hydroxylation is 1. The van der Waals surface area contributed by atoms with Crippen molar-refractivity contribution in [2.75, 3.05) is 6.61 Å². The van der Waals surface area contributed by atoms with Crippen LogP contribution < -0.4 is 4.73 Å². The molecule has 1 heterocycles. The first-order valence-electron chi connectivity index (χ1n) is 3.53. The average Bonchev–Trinajstić information content (AvgIpc) is 1.98. The van der Waals surface area contributed by atoms with Crippen LogP contribution in [-0.2, 0) is 6.42 Å². The first kappa shape index (κ1) is 8.01. The maximum atomic E-state index is 11.0. The summed E-state index contributed by atoms with van der Waals surface area (Å²) in [6, 6.07) is 3.52. The zero-order valence-electron chi connectivity index (χ0n) is 6.45. The van der Waals surface area contributed by atoms with Gasteiger partial charge in [-0.2, -0.15) is 4.73 Å². The fourth-order valence-electron chi connectivity index (χ4n) is 0.952. The van der Waals surface area contributed by atoms with Gasteiger partial charge in [-0.1, -0.05) is 0 Å². The molecule has 0 radical (unpaired) electrons. The second kappa shape index (κ2) is 3.34. The van der Waals surface area contributed by atoms with Gasteiger partial charge in [0.05, 0.1) is 13.0 Å². The largest absolute Gasteiger partial charge is 0.619 e. The lowest BCUT2D eigenvalue weighted by Gasteiger charge is -2.02. The van der Waals surface area contributed by atoms with Crippen LogP contribution in [0.1, 0.15) is 11.3 Å². The molecule has 11 heavy (non-hydrogen) atoms. The van der Waals surface area contributed by atoms with Gasteiger partial charge in [0.25, 0.3) is 0 Å². The molecule has 1 rings (SSSR count). The first-order valence-corrected chi connectivity index (χ1v) is 3.53. The van der Waals surface area contributed by atoms with Crippen molar-refractivity contribution in [2.24, 2.45) is 0 Å². The molecule has 3 heteroatoms. The van der Waals surface area contributed by atoms with E-state index in [1.165, 1.54) is 6.20 Å². The fourth-order valence-corrected chi connectivity index (χ4v) is 0.952. The molecule has 0 aliphatic heterocycles. The predicted molar refractivity (Wildman–Crippen MR) is 40.9 cm³/mol. The highest BCUT2D eigenvalue weighted by molar-refractivity contribution is 5.10. The van der Waals surface area contributed by atoms with Gasteiger partial charge in [-0.25, -0.2) is 0 Å². The molecule has 0 bridgehead atoms. The van der Waals surface area contributed by atoms with Gasteiger partial charge in [0, 0.05) is 12.1 Å². The number of aromatic nitrogens is 1. The Balaban J connectivity index is 2.93. The van der Waals surface area contributed by atoms with Crippen molar-refractivity contribution in [2.45, 2.75) is 13.3 Å². The van der Waals surface area contributed by atoms with Gasteiger partial charge in [0.15, 0.2) is 11.9 Å². The summed E-state index contributed by atoms with van der Waals surface area (Å²) in [4.78, 5) is 0. The van der Waals surface area contributed by atoms with Crippen LogP contribution in [-0.4, -0.2) is 11.7 Å². The number of pyridine rings is 1. The van der Waals surface area contributed by atoms with Gasteiger partial charge in [0.1, 0.15) is 0 Å². The van der Waals surface area contributed by atoms with Gasteiger partial charge in [-0.05, 0) is 12.5 Å². The third-order valence-corrected chi connectivity index (χ3v) is 1.52. The van der Waals surface area contributed by atoms with E-state index in [-0.39, 0.29) is 6.61 Å². The zero-order valence-corrected chi connectivity index (χ0v) is 6.45. The SMILES string of the molecule is Cc1cc[n+]([O-])c(CCO)c1. The quantitative estimate of drug-likeness (QED) is 0.486. The average molecular weight is 153 g/mol. The third-order valence-electron chi connectivity index (χ3n) is 1.52. The van der Waals surface area contributed by atoms with Crippen LogP contribution in [0.3, 0.4) is 0 Å². The monoisotopic (exact) mass is 153 g/mol. The summed E-state index contributed by atoms with van der Waals surface area (Å²) in [6.07, 6.45) is 1.88. The van der Waals surface area contributed by atoms with E-state index in [0.29, 0.717) is 12.1 Å². The van der Waals surface area contributed by atoms with Crippen molar-refractivity contribution in [3.8, 4) is 0 Å². The summed E-state index contributed by atoms with van der Waals surface area (Å²) in [5, 5.41) is 19.5. The topological polar surface area (TPSA) is 47.2 Å². The Morgan fingerprint density at radius 2 is 2.36 bits per heavy atom. The highest BCUT2D eigenvalue weighted by atomic mass is 16.5. The van der Waals surface area contributed by atoms with E-state index < -0.39 is 0 Å². The summed E-state index contributed by atoms with van der Waals surface area (Å²) in [5.41, 5.74) is 1.66. The van der Waals surface area contributed by atoms with Gasteiger partial charge in [-0.3, -0.25) is 0 Å². The van der Waals surface area contributed by atoms with Crippen molar-refractivity contribution in [1.82, 2.24) is 0 Å². The summed E-state index contributed by atoms with van der Waals surface area (Å²) in [5.74, 6) is 0. The van der Waals surface area contributed by atoms with Crippen molar-refractivity contribution in [1.29, 1.82) is 0 Å².